The Morgan fingerprint density at radius 3 is 2.90 bits per heavy atom. The molecule has 0 saturated carbocycles. The van der Waals surface area contributed by atoms with Gasteiger partial charge in [0.1, 0.15) is 15.4 Å². The summed E-state index contributed by atoms with van der Waals surface area (Å²) in [4.78, 5) is 0. The quantitative estimate of drug-likeness (QED) is 0.723. The fourth-order valence-electron chi connectivity index (χ4n) is 0.488. The lowest BCUT2D eigenvalue weighted by Gasteiger charge is -1.89. The summed E-state index contributed by atoms with van der Waals surface area (Å²) in [6.45, 7) is 0. The topological polar surface area (TPSA) is 45.9 Å². The van der Waals surface area contributed by atoms with Gasteiger partial charge >= 0.3 is 0 Å². The molecule has 0 unspecified atom stereocenters. The molecule has 0 fully saturated rings. The van der Waals surface area contributed by atoms with Crippen molar-refractivity contribution in [2.24, 2.45) is 0 Å². The number of rotatable bonds is 1. The van der Waals surface area contributed by atoms with Gasteiger partial charge in [-0.15, -0.1) is 0 Å². The Bertz CT molecular complexity index is 278. The second kappa shape index (κ2) is 2.99. The maximum absolute atomic E-state index is 8.53. The highest BCUT2D eigenvalue weighted by molar-refractivity contribution is 9.11. The van der Waals surface area contributed by atoms with E-state index < -0.39 is 0 Å². The van der Waals surface area contributed by atoms with Crippen molar-refractivity contribution in [3.05, 3.63) is 9.35 Å². The maximum Gasteiger partial charge on any atom is 0.244 e. The zero-order valence-electron chi connectivity index (χ0n) is 5.09. The van der Waals surface area contributed by atoms with E-state index in [9.17, 15) is 0 Å². The van der Waals surface area contributed by atoms with E-state index in [1.807, 2.05) is 6.07 Å². The van der Waals surface area contributed by atoms with Crippen LogP contribution in [0.4, 0.5) is 0 Å². The monoisotopic (exact) mass is 218 g/mol. The third-order valence-electron chi connectivity index (χ3n) is 0.924. The molecule has 0 aliphatic rings. The molecule has 52 valence electrons. The van der Waals surface area contributed by atoms with E-state index in [0.717, 1.165) is 0 Å². The second-order valence-corrected chi connectivity index (χ2v) is 3.54. The molecule has 0 amide bonds. The van der Waals surface area contributed by atoms with E-state index in [4.69, 9.17) is 10.00 Å². The molecular weight excluding hydrogens is 216 g/mol. The summed E-state index contributed by atoms with van der Waals surface area (Å²) in [5.41, 5.74) is 0.465. The lowest BCUT2D eigenvalue weighted by molar-refractivity contribution is 0.401. The number of ether oxygens (including phenoxy) is 1. The summed E-state index contributed by atoms with van der Waals surface area (Å²) >= 11 is 4.37. The molecule has 1 rings (SSSR count). The van der Waals surface area contributed by atoms with Gasteiger partial charge in [-0.3, -0.25) is 0 Å². The standard InChI is InChI=1S/C5H3BrN2OS/c1-9-5-3(2-7)4(6)10-8-5/h1H3. The van der Waals surface area contributed by atoms with Crippen molar-refractivity contribution >= 4 is 27.5 Å². The molecule has 0 aliphatic heterocycles. The Balaban J connectivity index is 3.17. The van der Waals surface area contributed by atoms with Gasteiger partial charge in [0, 0.05) is 0 Å². The minimum Gasteiger partial charge on any atom is -0.479 e. The number of aromatic nitrogens is 1. The molecule has 5 heteroatoms. The predicted molar refractivity (Wildman–Crippen MR) is 41.1 cm³/mol. The molecule has 0 atom stereocenters. The number of methoxy groups -OCH3 is 1. The smallest absolute Gasteiger partial charge is 0.244 e. The molecule has 10 heavy (non-hydrogen) atoms. The fourth-order valence-corrected chi connectivity index (χ4v) is 1.52. The van der Waals surface area contributed by atoms with E-state index in [0.29, 0.717) is 15.2 Å². The second-order valence-electron chi connectivity index (χ2n) is 1.45. The first-order chi connectivity index (χ1) is 4.79. The summed E-state index contributed by atoms with van der Waals surface area (Å²) in [6, 6.07) is 1.97. The zero-order chi connectivity index (χ0) is 7.56. The number of hydrogen-bond donors (Lipinski definition) is 0. The number of nitrogens with zero attached hydrogens (tertiary/aromatic N) is 2. The summed E-state index contributed by atoms with van der Waals surface area (Å²) in [6.07, 6.45) is 0. The van der Waals surface area contributed by atoms with Crippen molar-refractivity contribution in [2.75, 3.05) is 7.11 Å². The van der Waals surface area contributed by atoms with Crippen LogP contribution < -0.4 is 4.74 Å². The van der Waals surface area contributed by atoms with Crippen LogP contribution in [0.3, 0.4) is 0 Å². The number of halogens is 1. The maximum atomic E-state index is 8.53. The highest BCUT2D eigenvalue weighted by atomic mass is 79.9. The first kappa shape index (κ1) is 7.51. The highest BCUT2D eigenvalue weighted by Crippen LogP contribution is 2.28. The lowest BCUT2D eigenvalue weighted by atomic mass is 10.4. The summed E-state index contributed by atoms with van der Waals surface area (Å²) in [7, 11) is 1.49. The van der Waals surface area contributed by atoms with Crippen LogP contribution in [0.1, 0.15) is 5.56 Å². The van der Waals surface area contributed by atoms with Gasteiger partial charge in [0.05, 0.1) is 7.11 Å². The Kier molecular flexibility index (Phi) is 2.25. The van der Waals surface area contributed by atoms with Gasteiger partial charge < -0.3 is 4.74 Å². The average molecular weight is 219 g/mol. The van der Waals surface area contributed by atoms with Crippen LogP contribution in [0.25, 0.3) is 0 Å². The molecule has 0 radical (unpaired) electrons. The normalized spacial score (nSPS) is 8.90. The van der Waals surface area contributed by atoms with E-state index in [1.54, 1.807) is 0 Å². The van der Waals surface area contributed by atoms with Crippen molar-refractivity contribution in [3.8, 4) is 11.9 Å². The van der Waals surface area contributed by atoms with Crippen molar-refractivity contribution in [1.29, 1.82) is 5.26 Å². The molecular formula is C5H3BrN2OS. The molecule has 1 aromatic rings. The molecule has 0 N–H and O–H groups in total. The summed E-state index contributed by atoms with van der Waals surface area (Å²) < 4.78 is 9.37. The van der Waals surface area contributed by atoms with Gasteiger partial charge in [0.2, 0.25) is 5.88 Å². The number of hydrogen-bond acceptors (Lipinski definition) is 4. The third-order valence-corrected chi connectivity index (χ3v) is 2.38. The minimum absolute atomic E-state index is 0.388. The largest absolute Gasteiger partial charge is 0.479 e. The summed E-state index contributed by atoms with van der Waals surface area (Å²) in [5, 5.41) is 8.53. The molecule has 0 aromatic carbocycles. The van der Waals surface area contributed by atoms with Crippen molar-refractivity contribution in [1.82, 2.24) is 4.37 Å². The van der Waals surface area contributed by atoms with Crippen LogP contribution in [0.15, 0.2) is 3.79 Å². The molecule has 3 nitrogen and oxygen atoms in total. The van der Waals surface area contributed by atoms with E-state index in [2.05, 4.69) is 20.3 Å². The van der Waals surface area contributed by atoms with Crippen LogP contribution in [-0.2, 0) is 0 Å². The first-order valence-corrected chi connectivity index (χ1v) is 3.95. The molecule has 0 spiro atoms. The number of nitriles is 1. The SMILES string of the molecule is COc1nsc(Br)c1C#N. The Labute approximate surface area is 70.5 Å². The fraction of sp³-hybridized carbons (Fsp3) is 0.200. The predicted octanol–water partition coefficient (Wildman–Crippen LogP) is 1.79. The minimum atomic E-state index is 0.388. The van der Waals surface area contributed by atoms with Crippen LogP contribution in [-0.4, -0.2) is 11.5 Å². The van der Waals surface area contributed by atoms with E-state index >= 15 is 0 Å². The van der Waals surface area contributed by atoms with Gasteiger partial charge in [-0.2, -0.15) is 9.64 Å². The van der Waals surface area contributed by atoms with E-state index in [-0.39, 0.29) is 0 Å². The van der Waals surface area contributed by atoms with Crippen LogP contribution in [0, 0.1) is 11.3 Å². The Hall–Kier alpha value is -0.600. The first-order valence-electron chi connectivity index (χ1n) is 2.39. The van der Waals surface area contributed by atoms with Gasteiger partial charge in [-0.1, -0.05) is 0 Å². The highest BCUT2D eigenvalue weighted by Gasteiger charge is 2.10. The lowest BCUT2D eigenvalue weighted by Crippen LogP contribution is -1.84. The summed E-state index contributed by atoms with van der Waals surface area (Å²) in [5.74, 6) is 0.388. The van der Waals surface area contributed by atoms with Gasteiger partial charge in [-0.05, 0) is 27.5 Å². The molecule has 0 aliphatic carbocycles. The van der Waals surface area contributed by atoms with Crippen molar-refractivity contribution < 1.29 is 4.74 Å². The molecule has 1 aromatic heterocycles. The Morgan fingerprint density at radius 2 is 2.50 bits per heavy atom. The van der Waals surface area contributed by atoms with Gasteiger partial charge in [-0.25, -0.2) is 0 Å². The molecule has 0 saturated heterocycles. The molecule has 1 heterocycles. The van der Waals surface area contributed by atoms with Gasteiger partial charge in [0.25, 0.3) is 0 Å². The van der Waals surface area contributed by atoms with Crippen molar-refractivity contribution in [2.45, 2.75) is 0 Å². The zero-order valence-corrected chi connectivity index (χ0v) is 7.49. The van der Waals surface area contributed by atoms with E-state index in [1.165, 1.54) is 18.6 Å². The Morgan fingerprint density at radius 1 is 1.80 bits per heavy atom. The molecule has 0 bridgehead atoms. The van der Waals surface area contributed by atoms with Crippen molar-refractivity contribution in [3.63, 3.8) is 0 Å². The third kappa shape index (κ3) is 1.13. The van der Waals surface area contributed by atoms with Crippen LogP contribution >= 0.6 is 27.5 Å². The van der Waals surface area contributed by atoms with Crippen LogP contribution in [0.5, 0.6) is 5.88 Å². The average Bonchev–Trinajstić information content (AvgIpc) is 2.30. The van der Waals surface area contributed by atoms with Crippen LogP contribution in [0.2, 0.25) is 0 Å². The van der Waals surface area contributed by atoms with Gasteiger partial charge in [0.15, 0.2) is 0 Å².